The summed E-state index contributed by atoms with van der Waals surface area (Å²) >= 11 is 1.71. The number of aromatic amines is 1. The molecule has 1 aromatic carbocycles. The topological polar surface area (TPSA) is 79.0 Å². The van der Waals surface area contributed by atoms with Crippen molar-refractivity contribution in [1.29, 1.82) is 0 Å². The molecular formula is C28H34N6OS. The molecule has 188 valence electrons. The van der Waals surface area contributed by atoms with E-state index >= 15 is 0 Å². The van der Waals surface area contributed by atoms with Crippen molar-refractivity contribution in [2.24, 2.45) is 5.92 Å². The minimum Gasteiger partial charge on any atom is -0.497 e. The summed E-state index contributed by atoms with van der Waals surface area (Å²) in [5.41, 5.74) is 4.29. The molecule has 1 saturated heterocycles. The monoisotopic (exact) mass is 502 g/mol. The van der Waals surface area contributed by atoms with Gasteiger partial charge in [-0.1, -0.05) is 13.3 Å². The number of ether oxygens (including phenoxy) is 1. The molecule has 2 N–H and O–H groups in total. The molecule has 0 spiro atoms. The third-order valence-corrected chi connectivity index (χ3v) is 9.08. The average Bonchev–Trinajstić information content (AvgIpc) is 3.57. The van der Waals surface area contributed by atoms with Gasteiger partial charge in [0, 0.05) is 58.8 Å². The molecule has 36 heavy (non-hydrogen) atoms. The van der Waals surface area contributed by atoms with Gasteiger partial charge in [0.1, 0.15) is 10.8 Å². The lowest BCUT2D eigenvalue weighted by Gasteiger charge is -2.36. The smallest absolute Gasteiger partial charge is 0.124 e. The zero-order valence-corrected chi connectivity index (χ0v) is 21.9. The van der Waals surface area contributed by atoms with Gasteiger partial charge >= 0.3 is 0 Å². The van der Waals surface area contributed by atoms with Crippen LogP contribution in [0.4, 0.5) is 5.69 Å². The lowest BCUT2D eigenvalue weighted by atomic mass is 9.85. The minimum atomic E-state index is 0.175. The summed E-state index contributed by atoms with van der Waals surface area (Å²) in [5.74, 6) is 1.88. The van der Waals surface area contributed by atoms with Crippen LogP contribution < -0.4 is 15.0 Å². The van der Waals surface area contributed by atoms with E-state index in [1.165, 1.54) is 49.2 Å². The van der Waals surface area contributed by atoms with Gasteiger partial charge in [0.05, 0.1) is 30.7 Å². The number of methoxy groups -OCH3 is 1. The summed E-state index contributed by atoms with van der Waals surface area (Å²) in [5, 5.41) is 13.1. The fourth-order valence-corrected chi connectivity index (χ4v) is 6.34. The van der Waals surface area contributed by atoms with Crippen LogP contribution in [0.25, 0.3) is 21.5 Å². The minimum absolute atomic E-state index is 0.175. The van der Waals surface area contributed by atoms with Crippen LogP contribution in [-0.4, -0.2) is 53.0 Å². The maximum absolute atomic E-state index is 5.49. The van der Waals surface area contributed by atoms with Crippen LogP contribution in [0.1, 0.15) is 55.5 Å². The fraction of sp³-hybridized carbons (Fsp3) is 0.464. The van der Waals surface area contributed by atoms with Gasteiger partial charge in [-0.05, 0) is 56.3 Å². The van der Waals surface area contributed by atoms with E-state index in [-0.39, 0.29) is 5.92 Å². The van der Waals surface area contributed by atoms with E-state index < -0.39 is 0 Å². The second kappa shape index (κ2) is 10.2. The first-order valence-corrected chi connectivity index (χ1v) is 13.9. The maximum atomic E-state index is 5.49. The summed E-state index contributed by atoms with van der Waals surface area (Å²) in [6.07, 6.45) is 12.6. The quantitative estimate of drug-likeness (QED) is 0.327. The molecule has 0 radical (unpaired) electrons. The highest BCUT2D eigenvalue weighted by Gasteiger charge is 2.24. The highest BCUT2D eigenvalue weighted by Crippen LogP contribution is 2.37. The number of hydrogen-bond donors (Lipinski definition) is 2. The van der Waals surface area contributed by atoms with Crippen LogP contribution in [-0.2, 0) is 0 Å². The Hall–Kier alpha value is -2.97. The summed E-state index contributed by atoms with van der Waals surface area (Å²) in [7, 11) is 1.68. The van der Waals surface area contributed by atoms with Gasteiger partial charge in [-0.2, -0.15) is 5.10 Å². The van der Waals surface area contributed by atoms with Crippen molar-refractivity contribution in [2.45, 2.75) is 51.0 Å². The van der Waals surface area contributed by atoms with Crippen molar-refractivity contribution in [1.82, 2.24) is 25.5 Å². The predicted molar refractivity (Wildman–Crippen MR) is 146 cm³/mol. The lowest BCUT2D eigenvalue weighted by Crippen LogP contribution is -2.47. The number of piperidine rings is 1. The number of hydrogen-bond acceptors (Lipinski definition) is 7. The Morgan fingerprint density at radius 3 is 2.83 bits per heavy atom. The van der Waals surface area contributed by atoms with Crippen LogP contribution in [0.2, 0.25) is 0 Å². The van der Waals surface area contributed by atoms with Gasteiger partial charge in [0.15, 0.2) is 0 Å². The first kappa shape index (κ1) is 23.4. The Balaban J connectivity index is 1.15. The summed E-state index contributed by atoms with van der Waals surface area (Å²) in [6, 6.07) is 9.01. The number of rotatable bonds is 8. The van der Waals surface area contributed by atoms with E-state index in [1.54, 1.807) is 18.4 Å². The molecule has 2 atom stereocenters. The third kappa shape index (κ3) is 4.72. The molecule has 1 aliphatic heterocycles. The molecule has 3 aromatic heterocycles. The maximum Gasteiger partial charge on any atom is 0.124 e. The number of H-pyrrole nitrogens is 1. The number of pyridine rings is 1. The van der Waals surface area contributed by atoms with Crippen LogP contribution in [0.15, 0.2) is 42.9 Å². The van der Waals surface area contributed by atoms with E-state index in [4.69, 9.17) is 14.7 Å². The molecule has 0 amide bonds. The SMILES string of the molecule is COc1cc(-c2ncc(C(C)c3ccc(N4CCC[C@@H](NCC5CCC5)C4)cn3)s2)c2cn[nH]c2c1. The molecule has 4 heterocycles. The van der Waals surface area contributed by atoms with Crippen LogP contribution in [0.5, 0.6) is 5.75 Å². The van der Waals surface area contributed by atoms with E-state index in [0.29, 0.717) is 6.04 Å². The van der Waals surface area contributed by atoms with Crippen LogP contribution >= 0.6 is 11.3 Å². The summed E-state index contributed by atoms with van der Waals surface area (Å²) in [6.45, 7) is 5.58. The van der Waals surface area contributed by atoms with E-state index in [2.05, 4.69) is 45.7 Å². The number of benzene rings is 1. The molecule has 2 aliphatic rings. The van der Waals surface area contributed by atoms with Gasteiger partial charge in [-0.15, -0.1) is 11.3 Å². The fourth-order valence-electron chi connectivity index (χ4n) is 5.33. The Morgan fingerprint density at radius 1 is 1.14 bits per heavy atom. The second-order valence-corrected chi connectivity index (χ2v) is 11.3. The van der Waals surface area contributed by atoms with Gasteiger partial charge in [-0.25, -0.2) is 4.98 Å². The van der Waals surface area contributed by atoms with Crippen molar-refractivity contribution in [3.8, 4) is 16.3 Å². The summed E-state index contributed by atoms with van der Waals surface area (Å²) < 4.78 is 5.49. The normalized spacial score (nSPS) is 19.4. The highest BCUT2D eigenvalue weighted by atomic mass is 32.1. The Bertz CT molecular complexity index is 1310. The van der Waals surface area contributed by atoms with Crippen molar-refractivity contribution in [2.75, 3.05) is 31.6 Å². The first-order valence-electron chi connectivity index (χ1n) is 13.1. The Morgan fingerprint density at radius 2 is 2.06 bits per heavy atom. The Labute approximate surface area is 216 Å². The number of nitrogens with zero attached hydrogens (tertiary/aromatic N) is 4. The van der Waals surface area contributed by atoms with E-state index in [0.717, 1.165) is 51.9 Å². The standard InChI is InChI=1S/C28H34N6OS/c1-18(27-16-31-28(36-27)23-11-22(35-2)12-26-24(23)15-32-33-26)25-9-8-21(14-30-25)34-10-4-7-20(17-34)29-13-19-5-3-6-19/h8-9,11-12,14-16,18-20,29H,3-7,10,13,17H2,1-2H3,(H,32,33)/t18?,20-/m1/s1. The highest BCUT2D eigenvalue weighted by molar-refractivity contribution is 7.15. The number of aromatic nitrogens is 4. The third-order valence-electron chi connectivity index (χ3n) is 7.87. The number of fused-ring (bicyclic) bond motifs is 1. The number of thiazole rings is 1. The van der Waals surface area contributed by atoms with Crippen molar-refractivity contribution in [3.05, 3.63) is 53.4 Å². The number of nitrogens with one attached hydrogen (secondary N) is 2. The molecule has 8 heteroatoms. The molecular weight excluding hydrogens is 468 g/mol. The van der Waals surface area contributed by atoms with Gasteiger partial charge < -0.3 is 15.0 Å². The molecule has 1 aliphatic carbocycles. The zero-order chi connectivity index (χ0) is 24.5. The van der Waals surface area contributed by atoms with Crippen molar-refractivity contribution < 1.29 is 4.74 Å². The van der Waals surface area contributed by atoms with E-state index in [9.17, 15) is 0 Å². The largest absolute Gasteiger partial charge is 0.497 e. The second-order valence-electron chi connectivity index (χ2n) is 10.2. The van der Waals surface area contributed by atoms with E-state index in [1.807, 2.05) is 24.5 Å². The Kier molecular flexibility index (Phi) is 6.63. The average molecular weight is 503 g/mol. The van der Waals surface area contributed by atoms with Crippen LogP contribution in [0, 0.1) is 5.92 Å². The predicted octanol–water partition coefficient (Wildman–Crippen LogP) is 5.60. The number of anilines is 1. The van der Waals surface area contributed by atoms with Gasteiger partial charge in [0.2, 0.25) is 0 Å². The van der Waals surface area contributed by atoms with Crippen molar-refractivity contribution in [3.63, 3.8) is 0 Å². The van der Waals surface area contributed by atoms with Gasteiger partial charge in [-0.3, -0.25) is 10.1 Å². The molecule has 4 aromatic rings. The molecule has 7 nitrogen and oxygen atoms in total. The summed E-state index contributed by atoms with van der Waals surface area (Å²) in [4.78, 5) is 13.3. The zero-order valence-electron chi connectivity index (χ0n) is 21.0. The molecule has 1 unspecified atom stereocenters. The lowest BCUT2D eigenvalue weighted by molar-refractivity contribution is 0.280. The molecule has 0 bridgehead atoms. The molecule has 1 saturated carbocycles. The molecule has 2 fully saturated rings. The van der Waals surface area contributed by atoms with Crippen LogP contribution in [0.3, 0.4) is 0 Å². The van der Waals surface area contributed by atoms with Gasteiger partial charge in [0.25, 0.3) is 0 Å². The first-order chi connectivity index (χ1) is 17.7. The van der Waals surface area contributed by atoms with Crippen molar-refractivity contribution >= 4 is 27.9 Å². The molecule has 6 rings (SSSR count).